The number of nitrogens with one attached hydrogen (secondary N) is 2. The topological polar surface area (TPSA) is 76.4 Å². The van der Waals surface area contributed by atoms with Crippen molar-refractivity contribution in [2.75, 3.05) is 19.0 Å². The Labute approximate surface area is 120 Å². The molecule has 0 aliphatic rings. The molecule has 5 nitrogen and oxygen atoms in total. The lowest BCUT2D eigenvalue weighted by Gasteiger charge is -2.21. The average Bonchev–Trinajstić information content (AvgIpc) is 2.38. The maximum atomic E-state index is 12.0. The third kappa shape index (κ3) is 5.19. The van der Waals surface area contributed by atoms with Gasteiger partial charge in [0.15, 0.2) is 0 Å². The van der Waals surface area contributed by atoms with Crippen LogP contribution in [0.3, 0.4) is 0 Å². The van der Waals surface area contributed by atoms with Gasteiger partial charge in [0.1, 0.15) is 0 Å². The summed E-state index contributed by atoms with van der Waals surface area (Å²) in [7, 11) is 1.63. The van der Waals surface area contributed by atoms with Gasteiger partial charge in [-0.15, -0.1) is 0 Å². The van der Waals surface area contributed by atoms with Crippen LogP contribution < -0.4 is 16.4 Å². The molecule has 0 radical (unpaired) electrons. The quantitative estimate of drug-likeness (QED) is 0.749. The number of nitrogens with two attached hydrogens (primary N) is 1. The van der Waals surface area contributed by atoms with Gasteiger partial charge in [0.05, 0.1) is 12.6 Å². The van der Waals surface area contributed by atoms with Crippen LogP contribution in [0.15, 0.2) is 24.3 Å². The summed E-state index contributed by atoms with van der Waals surface area (Å²) in [6.45, 7) is 6.49. The molecule has 0 aliphatic carbocycles. The summed E-state index contributed by atoms with van der Waals surface area (Å²) in [5.74, 6) is 0.302. The van der Waals surface area contributed by atoms with Crippen LogP contribution in [0.5, 0.6) is 0 Å². The lowest BCUT2D eigenvalue weighted by Crippen LogP contribution is -2.43. The number of rotatable bonds is 6. The lowest BCUT2D eigenvalue weighted by molar-refractivity contribution is 0.150. The fraction of sp³-hybridized carbons (Fsp3) is 0.533. The first-order valence-corrected chi connectivity index (χ1v) is 6.86. The van der Waals surface area contributed by atoms with Gasteiger partial charge in [0, 0.05) is 18.8 Å². The fourth-order valence-electron chi connectivity index (χ4n) is 1.82. The molecule has 0 saturated heterocycles. The molecule has 0 heterocycles. The van der Waals surface area contributed by atoms with Gasteiger partial charge in [0.2, 0.25) is 0 Å². The molecule has 4 N–H and O–H groups in total. The van der Waals surface area contributed by atoms with Crippen LogP contribution in [0.4, 0.5) is 10.5 Å². The molecule has 0 bridgehead atoms. The minimum absolute atomic E-state index is 0.0170. The summed E-state index contributed by atoms with van der Waals surface area (Å²) in [5, 5.41) is 5.73. The van der Waals surface area contributed by atoms with E-state index in [1.165, 1.54) is 0 Å². The van der Waals surface area contributed by atoms with Crippen LogP contribution in [0, 0.1) is 5.92 Å². The summed E-state index contributed by atoms with van der Waals surface area (Å²) in [6.07, 6.45) is 0. The minimum atomic E-state index is -0.234. The second-order valence-corrected chi connectivity index (χ2v) is 5.32. The summed E-state index contributed by atoms with van der Waals surface area (Å²) in [6, 6.07) is 7.23. The highest BCUT2D eigenvalue weighted by molar-refractivity contribution is 5.89. The third-order valence-corrected chi connectivity index (χ3v) is 3.14. The molecule has 0 aromatic heterocycles. The number of amides is 2. The SMILES string of the molecule is COCC(NC(=O)Nc1cccc(C(C)N)c1)C(C)C. The first-order chi connectivity index (χ1) is 9.43. The highest BCUT2D eigenvalue weighted by Gasteiger charge is 2.16. The van der Waals surface area contributed by atoms with Crippen LogP contribution >= 0.6 is 0 Å². The Morgan fingerprint density at radius 2 is 2.05 bits per heavy atom. The molecule has 0 fully saturated rings. The Morgan fingerprint density at radius 1 is 1.35 bits per heavy atom. The van der Waals surface area contributed by atoms with Gasteiger partial charge >= 0.3 is 6.03 Å². The molecule has 0 saturated carbocycles. The van der Waals surface area contributed by atoms with Crippen molar-refractivity contribution >= 4 is 11.7 Å². The smallest absolute Gasteiger partial charge is 0.319 e. The average molecular weight is 279 g/mol. The van der Waals surface area contributed by atoms with Gasteiger partial charge < -0.3 is 21.1 Å². The zero-order chi connectivity index (χ0) is 15.1. The van der Waals surface area contributed by atoms with E-state index in [0.717, 1.165) is 11.3 Å². The van der Waals surface area contributed by atoms with Crippen molar-refractivity contribution in [1.82, 2.24) is 5.32 Å². The van der Waals surface area contributed by atoms with E-state index in [4.69, 9.17) is 10.5 Å². The second kappa shape index (κ2) is 7.87. The highest BCUT2D eigenvalue weighted by Crippen LogP contribution is 2.15. The van der Waals surface area contributed by atoms with Gasteiger partial charge in [-0.25, -0.2) is 4.79 Å². The van der Waals surface area contributed by atoms with Crippen molar-refractivity contribution in [3.05, 3.63) is 29.8 Å². The monoisotopic (exact) mass is 279 g/mol. The molecule has 2 unspecified atom stereocenters. The third-order valence-electron chi connectivity index (χ3n) is 3.14. The molecule has 0 spiro atoms. The number of urea groups is 1. The minimum Gasteiger partial charge on any atom is -0.383 e. The largest absolute Gasteiger partial charge is 0.383 e. The van der Waals surface area contributed by atoms with Crippen molar-refractivity contribution in [1.29, 1.82) is 0 Å². The van der Waals surface area contributed by atoms with Gasteiger partial charge in [-0.1, -0.05) is 26.0 Å². The van der Waals surface area contributed by atoms with Crippen molar-refractivity contribution in [3.63, 3.8) is 0 Å². The van der Waals surface area contributed by atoms with E-state index in [9.17, 15) is 4.79 Å². The number of methoxy groups -OCH3 is 1. The maximum Gasteiger partial charge on any atom is 0.319 e. The zero-order valence-electron chi connectivity index (χ0n) is 12.6. The Kier molecular flexibility index (Phi) is 6.48. The van der Waals surface area contributed by atoms with Gasteiger partial charge in [-0.3, -0.25) is 0 Å². The Hall–Kier alpha value is -1.59. The van der Waals surface area contributed by atoms with Crippen LogP contribution in [0.2, 0.25) is 0 Å². The normalized spacial score (nSPS) is 13.9. The highest BCUT2D eigenvalue weighted by atomic mass is 16.5. The molecule has 1 rings (SSSR count). The number of anilines is 1. The number of hydrogen-bond donors (Lipinski definition) is 3. The lowest BCUT2D eigenvalue weighted by atomic mass is 10.1. The predicted molar refractivity (Wildman–Crippen MR) is 81.7 cm³/mol. The predicted octanol–water partition coefficient (Wildman–Crippen LogP) is 2.50. The Bertz CT molecular complexity index is 433. The van der Waals surface area contributed by atoms with E-state index in [0.29, 0.717) is 12.5 Å². The maximum absolute atomic E-state index is 12.0. The van der Waals surface area contributed by atoms with Crippen LogP contribution in [0.25, 0.3) is 0 Å². The Balaban J connectivity index is 2.63. The molecular weight excluding hydrogens is 254 g/mol. The van der Waals surface area contributed by atoms with Crippen molar-refractivity contribution in [3.8, 4) is 0 Å². The van der Waals surface area contributed by atoms with Crippen molar-refractivity contribution in [2.45, 2.75) is 32.9 Å². The number of benzene rings is 1. The molecule has 0 aliphatic heterocycles. The van der Waals surface area contributed by atoms with Crippen molar-refractivity contribution < 1.29 is 9.53 Å². The van der Waals surface area contributed by atoms with E-state index >= 15 is 0 Å². The molecular formula is C15H25N3O2. The van der Waals surface area contributed by atoms with E-state index in [1.807, 2.05) is 45.0 Å². The summed E-state index contributed by atoms with van der Waals surface area (Å²) < 4.78 is 5.11. The van der Waals surface area contributed by atoms with Crippen LogP contribution in [-0.4, -0.2) is 25.8 Å². The summed E-state index contributed by atoms with van der Waals surface area (Å²) >= 11 is 0. The van der Waals surface area contributed by atoms with Crippen molar-refractivity contribution in [2.24, 2.45) is 11.7 Å². The molecule has 1 aromatic rings. The van der Waals surface area contributed by atoms with Gasteiger partial charge in [0.25, 0.3) is 0 Å². The van der Waals surface area contributed by atoms with Gasteiger partial charge in [-0.05, 0) is 30.5 Å². The van der Waals surface area contributed by atoms with E-state index in [2.05, 4.69) is 10.6 Å². The van der Waals surface area contributed by atoms with Gasteiger partial charge in [-0.2, -0.15) is 0 Å². The number of carbonyl (C=O) groups excluding carboxylic acids is 1. The number of ether oxygens (including phenoxy) is 1. The van der Waals surface area contributed by atoms with E-state index in [-0.39, 0.29) is 18.1 Å². The molecule has 1 aromatic carbocycles. The number of hydrogen-bond acceptors (Lipinski definition) is 3. The van der Waals surface area contributed by atoms with E-state index < -0.39 is 0 Å². The zero-order valence-corrected chi connectivity index (χ0v) is 12.6. The standard InChI is InChI=1S/C15H25N3O2/c1-10(2)14(9-20-4)18-15(19)17-13-7-5-6-12(8-13)11(3)16/h5-8,10-11,14H,9,16H2,1-4H3,(H2,17,18,19). The summed E-state index contributed by atoms with van der Waals surface area (Å²) in [5.41, 5.74) is 7.55. The number of carbonyl (C=O) groups is 1. The van der Waals surface area contributed by atoms with Crippen LogP contribution in [0.1, 0.15) is 32.4 Å². The molecule has 112 valence electrons. The molecule has 2 amide bonds. The fourth-order valence-corrected chi connectivity index (χ4v) is 1.82. The van der Waals surface area contributed by atoms with Crippen LogP contribution in [-0.2, 0) is 4.74 Å². The first kappa shape index (κ1) is 16.5. The second-order valence-electron chi connectivity index (χ2n) is 5.32. The molecule has 2 atom stereocenters. The van der Waals surface area contributed by atoms with E-state index in [1.54, 1.807) is 7.11 Å². The Morgan fingerprint density at radius 3 is 2.60 bits per heavy atom. The molecule has 5 heteroatoms. The first-order valence-electron chi connectivity index (χ1n) is 6.86. The summed E-state index contributed by atoms with van der Waals surface area (Å²) in [4.78, 5) is 12.0. The molecule has 20 heavy (non-hydrogen) atoms.